The van der Waals surface area contributed by atoms with Crippen molar-refractivity contribution in [3.05, 3.63) is 60.3 Å². The van der Waals surface area contributed by atoms with Gasteiger partial charge in [0.15, 0.2) is 0 Å². The van der Waals surface area contributed by atoms with Crippen molar-refractivity contribution < 1.29 is 19.4 Å². The number of nitrogens with zero attached hydrogens (tertiary/aromatic N) is 2. The van der Waals surface area contributed by atoms with E-state index >= 15 is 0 Å². The Kier molecular flexibility index (Phi) is 5.36. The average molecular weight is 366 g/mol. The van der Waals surface area contributed by atoms with Gasteiger partial charge in [-0.25, -0.2) is 9.78 Å². The molecular formula is C19H18N4O4. The zero-order chi connectivity index (χ0) is 19.2. The third kappa shape index (κ3) is 4.43. The van der Waals surface area contributed by atoms with E-state index in [1.807, 2.05) is 6.07 Å². The predicted molar refractivity (Wildman–Crippen MR) is 102 cm³/mol. The molecule has 0 aliphatic rings. The van der Waals surface area contributed by atoms with Gasteiger partial charge in [0.2, 0.25) is 5.95 Å². The van der Waals surface area contributed by atoms with Crippen LogP contribution in [0.5, 0.6) is 11.5 Å². The highest BCUT2D eigenvalue weighted by atomic mass is 16.5. The van der Waals surface area contributed by atoms with Crippen molar-refractivity contribution in [1.29, 1.82) is 0 Å². The van der Waals surface area contributed by atoms with Gasteiger partial charge in [-0.1, -0.05) is 0 Å². The minimum absolute atomic E-state index is 0.220. The molecule has 0 spiro atoms. The van der Waals surface area contributed by atoms with Crippen LogP contribution < -0.4 is 20.1 Å². The molecule has 0 aliphatic heterocycles. The number of carbonyl (C=O) groups is 1. The van der Waals surface area contributed by atoms with Crippen molar-refractivity contribution in [2.45, 2.75) is 0 Å². The molecule has 138 valence electrons. The zero-order valence-electron chi connectivity index (χ0n) is 14.8. The molecule has 0 fully saturated rings. The molecule has 1 heterocycles. The van der Waals surface area contributed by atoms with Crippen LogP contribution in [0.2, 0.25) is 0 Å². The number of aromatic carboxylic acids is 1. The number of ether oxygens (including phenoxy) is 2. The van der Waals surface area contributed by atoms with Gasteiger partial charge in [-0.15, -0.1) is 0 Å². The number of methoxy groups -OCH3 is 2. The predicted octanol–water partition coefficient (Wildman–Crippen LogP) is 3.68. The molecule has 0 atom stereocenters. The number of anilines is 4. The van der Waals surface area contributed by atoms with Crippen LogP contribution >= 0.6 is 0 Å². The van der Waals surface area contributed by atoms with Gasteiger partial charge in [0.1, 0.15) is 17.3 Å². The molecule has 0 bridgehead atoms. The van der Waals surface area contributed by atoms with E-state index in [9.17, 15) is 4.79 Å². The highest BCUT2D eigenvalue weighted by Gasteiger charge is 2.08. The Morgan fingerprint density at radius 2 is 1.78 bits per heavy atom. The van der Waals surface area contributed by atoms with Gasteiger partial charge >= 0.3 is 5.97 Å². The van der Waals surface area contributed by atoms with Crippen molar-refractivity contribution in [2.24, 2.45) is 0 Å². The number of nitrogens with one attached hydrogen (secondary N) is 2. The van der Waals surface area contributed by atoms with E-state index < -0.39 is 5.97 Å². The normalized spacial score (nSPS) is 10.1. The molecular weight excluding hydrogens is 348 g/mol. The highest BCUT2D eigenvalue weighted by molar-refractivity contribution is 5.88. The first-order chi connectivity index (χ1) is 13.1. The summed E-state index contributed by atoms with van der Waals surface area (Å²) in [6.07, 6.45) is 1.61. The van der Waals surface area contributed by atoms with Gasteiger partial charge in [0, 0.05) is 18.0 Å². The molecule has 3 rings (SSSR count). The van der Waals surface area contributed by atoms with Crippen LogP contribution in [0.4, 0.5) is 23.1 Å². The monoisotopic (exact) mass is 366 g/mol. The van der Waals surface area contributed by atoms with Gasteiger partial charge in [-0.05, 0) is 42.5 Å². The molecule has 0 saturated heterocycles. The van der Waals surface area contributed by atoms with Crippen LogP contribution in [-0.4, -0.2) is 35.3 Å². The lowest BCUT2D eigenvalue weighted by Crippen LogP contribution is -2.02. The first-order valence-corrected chi connectivity index (χ1v) is 8.01. The molecule has 3 aromatic rings. The number of benzene rings is 2. The van der Waals surface area contributed by atoms with Crippen LogP contribution in [0.1, 0.15) is 10.4 Å². The second kappa shape index (κ2) is 8.05. The zero-order valence-corrected chi connectivity index (χ0v) is 14.8. The molecule has 0 radical (unpaired) electrons. The van der Waals surface area contributed by atoms with Crippen LogP contribution in [0.15, 0.2) is 54.7 Å². The van der Waals surface area contributed by atoms with E-state index in [4.69, 9.17) is 14.6 Å². The van der Waals surface area contributed by atoms with E-state index in [0.717, 1.165) is 0 Å². The Balaban J connectivity index is 1.76. The van der Waals surface area contributed by atoms with Gasteiger partial charge in [-0.3, -0.25) is 0 Å². The van der Waals surface area contributed by atoms with Crippen LogP contribution in [0.25, 0.3) is 0 Å². The summed E-state index contributed by atoms with van der Waals surface area (Å²) in [5.41, 5.74) is 1.63. The second-order valence-electron chi connectivity index (χ2n) is 5.46. The fourth-order valence-electron chi connectivity index (χ4n) is 2.35. The molecule has 27 heavy (non-hydrogen) atoms. The maximum absolute atomic E-state index is 10.9. The SMILES string of the molecule is COc1ccc(Nc2nccc(Nc3ccc(C(=O)O)cc3)n2)c(OC)c1. The number of carboxylic acid groups (broad SMARTS) is 1. The van der Waals surface area contributed by atoms with E-state index in [2.05, 4.69) is 20.6 Å². The van der Waals surface area contributed by atoms with Crippen molar-refractivity contribution >= 4 is 29.1 Å². The Morgan fingerprint density at radius 1 is 1.00 bits per heavy atom. The summed E-state index contributed by atoms with van der Waals surface area (Å²) in [6.45, 7) is 0. The number of hydrogen-bond donors (Lipinski definition) is 3. The Labute approximate surface area is 155 Å². The smallest absolute Gasteiger partial charge is 0.335 e. The third-order valence-electron chi connectivity index (χ3n) is 3.72. The molecule has 0 saturated carbocycles. The first kappa shape index (κ1) is 18.0. The van der Waals surface area contributed by atoms with Crippen molar-refractivity contribution in [2.75, 3.05) is 24.9 Å². The fourth-order valence-corrected chi connectivity index (χ4v) is 2.35. The van der Waals surface area contributed by atoms with Crippen molar-refractivity contribution in [1.82, 2.24) is 9.97 Å². The number of aromatic nitrogens is 2. The standard InChI is InChI=1S/C19H18N4O4/c1-26-14-7-8-15(16(11-14)27-2)22-19-20-10-9-17(23-19)21-13-5-3-12(4-6-13)18(24)25/h3-11H,1-2H3,(H,24,25)(H2,20,21,22,23). The van der Waals surface area contributed by atoms with Gasteiger partial charge in [-0.2, -0.15) is 4.98 Å². The molecule has 8 nitrogen and oxygen atoms in total. The van der Waals surface area contributed by atoms with E-state index in [-0.39, 0.29) is 5.56 Å². The van der Waals surface area contributed by atoms with Gasteiger partial charge in [0.25, 0.3) is 0 Å². The molecule has 1 aromatic heterocycles. The minimum Gasteiger partial charge on any atom is -0.497 e. The maximum Gasteiger partial charge on any atom is 0.335 e. The van der Waals surface area contributed by atoms with Crippen molar-refractivity contribution in [3.8, 4) is 11.5 Å². The Morgan fingerprint density at radius 3 is 2.44 bits per heavy atom. The van der Waals surface area contributed by atoms with Crippen LogP contribution in [0.3, 0.4) is 0 Å². The minimum atomic E-state index is -0.969. The van der Waals surface area contributed by atoms with Crippen molar-refractivity contribution in [3.63, 3.8) is 0 Å². The lowest BCUT2D eigenvalue weighted by atomic mass is 10.2. The molecule has 8 heteroatoms. The molecule has 0 unspecified atom stereocenters. The summed E-state index contributed by atoms with van der Waals surface area (Å²) < 4.78 is 10.5. The summed E-state index contributed by atoms with van der Waals surface area (Å²) in [5, 5.41) is 15.2. The number of hydrogen-bond acceptors (Lipinski definition) is 7. The molecule has 0 aliphatic carbocycles. The molecule has 0 amide bonds. The first-order valence-electron chi connectivity index (χ1n) is 8.01. The number of carboxylic acids is 1. The quantitative estimate of drug-likeness (QED) is 0.581. The summed E-state index contributed by atoms with van der Waals surface area (Å²) >= 11 is 0. The van der Waals surface area contributed by atoms with E-state index in [1.54, 1.807) is 50.7 Å². The fraction of sp³-hybridized carbons (Fsp3) is 0.105. The summed E-state index contributed by atoms with van der Waals surface area (Å²) in [7, 11) is 3.16. The average Bonchev–Trinajstić information content (AvgIpc) is 2.69. The Bertz CT molecular complexity index is 945. The van der Waals surface area contributed by atoms with Crippen LogP contribution in [-0.2, 0) is 0 Å². The lowest BCUT2D eigenvalue weighted by Gasteiger charge is -2.12. The topological polar surface area (TPSA) is 106 Å². The lowest BCUT2D eigenvalue weighted by molar-refractivity contribution is 0.0697. The third-order valence-corrected chi connectivity index (χ3v) is 3.72. The van der Waals surface area contributed by atoms with E-state index in [0.29, 0.717) is 34.6 Å². The summed E-state index contributed by atoms with van der Waals surface area (Å²) in [6, 6.07) is 13.5. The molecule has 3 N–H and O–H groups in total. The summed E-state index contributed by atoms with van der Waals surface area (Å²) in [4.78, 5) is 19.5. The Hall–Kier alpha value is -3.81. The summed E-state index contributed by atoms with van der Waals surface area (Å²) in [5.74, 6) is 1.25. The van der Waals surface area contributed by atoms with Gasteiger partial charge in [0.05, 0.1) is 25.5 Å². The maximum atomic E-state index is 10.9. The highest BCUT2D eigenvalue weighted by Crippen LogP contribution is 2.30. The molecule has 2 aromatic carbocycles. The van der Waals surface area contributed by atoms with E-state index in [1.165, 1.54) is 12.1 Å². The number of rotatable bonds is 7. The van der Waals surface area contributed by atoms with Gasteiger partial charge < -0.3 is 25.2 Å². The second-order valence-corrected chi connectivity index (χ2v) is 5.46. The largest absolute Gasteiger partial charge is 0.497 e. The van der Waals surface area contributed by atoms with Crippen LogP contribution in [0, 0.1) is 0 Å².